The molecule has 3 unspecified atom stereocenters. The zero-order chi connectivity index (χ0) is 10.8. The minimum Gasteiger partial charge on any atom is -0.352 e. The minimum atomic E-state index is 0.0940. The molecule has 1 saturated carbocycles. The molecule has 1 amide bonds. The van der Waals surface area contributed by atoms with Gasteiger partial charge in [0.25, 0.3) is 0 Å². The molecule has 0 radical (unpaired) electrons. The zero-order valence-corrected chi connectivity index (χ0v) is 9.75. The average molecular weight is 210 g/mol. The number of carbonyl (C=O) groups is 1. The van der Waals surface area contributed by atoms with Gasteiger partial charge in [-0.2, -0.15) is 0 Å². The SMILES string of the molecule is CC1CCC(NC(=O)[C@H]2CCN2)C(C)C1. The van der Waals surface area contributed by atoms with Crippen molar-refractivity contribution in [2.45, 2.75) is 51.6 Å². The van der Waals surface area contributed by atoms with Crippen molar-refractivity contribution in [3.8, 4) is 0 Å². The Hall–Kier alpha value is -0.570. The van der Waals surface area contributed by atoms with Gasteiger partial charge in [0.05, 0.1) is 6.04 Å². The third-order valence-corrected chi connectivity index (χ3v) is 3.90. The van der Waals surface area contributed by atoms with Crippen molar-refractivity contribution in [3.63, 3.8) is 0 Å². The van der Waals surface area contributed by atoms with Crippen LogP contribution in [0.25, 0.3) is 0 Å². The molecule has 0 aromatic heterocycles. The third-order valence-electron chi connectivity index (χ3n) is 3.90. The number of carbonyl (C=O) groups excluding carboxylic acids is 1. The van der Waals surface area contributed by atoms with E-state index in [1.807, 2.05) is 0 Å². The number of nitrogens with one attached hydrogen (secondary N) is 2. The fourth-order valence-corrected chi connectivity index (χ4v) is 2.68. The van der Waals surface area contributed by atoms with Crippen molar-refractivity contribution in [1.29, 1.82) is 0 Å². The standard InChI is InChI=1S/C12H22N2O/c1-8-3-4-10(9(2)7-8)14-12(15)11-5-6-13-11/h8-11,13H,3-7H2,1-2H3,(H,14,15)/t8?,9?,10?,11-/m1/s1. The van der Waals surface area contributed by atoms with Crippen LogP contribution in [0.15, 0.2) is 0 Å². The molecule has 86 valence electrons. The summed E-state index contributed by atoms with van der Waals surface area (Å²) in [7, 11) is 0. The van der Waals surface area contributed by atoms with Gasteiger partial charge < -0.3 is 10.6 Å². The van der Waals surface area contributed by atoms with Crippen LogP contribution in [0.2, 0.25) is 0 Å². The molecule has 1 aliphatic heterocycles. The van der Waals surface area contributed by atoms with E-state index in [0.29, 0.717) is 12.0 Å². The van der Waals surface area contributed by atoms with Gasteiger partial charge >= 0.3 is 0 Å². The molecule has 0 spiro atoms. The van der Waals surface area contributed by atoms with Gasteiger partial charge in [0.2, 0.25) is 5.91 Å². The summed E-state index contributed by atoms with van der Waals surface area (Å²) in [5.41, 5.74) is 0. The van der Waals surface area contributed by atoms with E-state index < -0.39 is 0 Å². The second-order valence-electron chi connectivity index (χ2n) is 5.31. The van der Waals surface area contributed by atoms with Crippen LogP contribution in [-0.4, -0.2) is 24.5 Å². The Morgan fingerprint density at radius 1 is 1.27 bits per heavy atom. The lowest BCUT2D eigenvalue weighted by Crippen LogP contribution is -2.56. The van der Waals surface area contributed by atoms with Crippen LogP contribution in [0.4, 0.5) is 0 Å². The Kier molecular flexibility index (Phi) is 3.29. The van der Waals surface area contributed by atoms with E-state index in [2.05, 4.69) is 24.5 Å². The number of hydrogen-bond donors (Lipinski definition) is 2. The summed E-state index contributed by atoms with van der Waals surface area (Å²) in [4.78, 5) is 11.7. The predicted molar refractivity (Wildman–Crippen MR) is 60.5 cm³/mol. The topological polar surface area (TPSA) is 41.1 Å². The number of hydrogen-bond acceptors (Lipinski definition) is 2. The van der Waals surface area contributed by atoms with Gasteiger partial charge in [-0.25, -0.2) is 0 Å². The summed E-state index contributed by atoms with van der Waals surface area (Å²) < 4.78 is 0. The van der Waals surface area contributed by atoms with Gasteiger partial charge in [0, 0.05) is 6.04 Å². The highest BCUT2D eigenvalue weighted by atomic mass is 16.2. The Morgan fingerprint density at radius 2 is 2.00 bits per heavy atom. The maximum Gasteiger partial charge on any atom is 0.237 e. The van der Waals surface area contributed by atoms with Crippen LogP contribution in [0.1, 0.15) is 39.5 Å². The summed E-state index contributed by atoms with van der Waals surface area (Å²) in [6, 6.07) is 0.507. The first-order valence-corrected chi connectivity index (χ1v) is 6.20. The van der Waals surface area contributed by atoms with Crippen molar-refractivity contribution in [2.24, 2.45) is 11.8 Å². The maximum atomic E-state index is 11.7. The van der Waals surface area contributed by atoms with Crippen molar-refractivity contribution in [1.82, 2.24) is 10.6 Å². The normalized spacial score (nSPS) is 40.7. The van der Waals surface area contributed by atoms with Crippen LogP contribution in [0.5, 0.6) is 0 Å². The van der Waals surface area contributed by atoms with Crippen LogP contribution in [0.3, 0.4) is 0 Å². The second kappa shape index (κ2) is 4.52. The average Bonchev–Trinajstić information content (AvgIpc) is 2.07. The molecule has 0 bridgehead atoms. The quantitative estimate of drug-likeness (QED) is 0.721. The molecule has 2 fully saturated rings. The monoisotopic (exact) mass is 210 g/mol. The Labute approximate surface area is 92.0 Å². The van der Waals surface area contributed by atoms with E-state index >= 15 is 0 Å². The van der Waals surface area contributed by atoms with Gasteiger partial charge in [-0.1, -0.05) is 13.8 Å². The highest BCUT2D eigenvalue weighted by Crippen LogP contribution is 2.28. The molecular weight excluding hydrogens is 188 g/mol. The van der Waals surface area contributed by atoms with Crippen LogP contribution in [-0.2, 0) is 4.79 Å². The number of amides is 1. The molecule has 1 heterocycles. The summed E-state index contributed by atoms with van der Waals surface area (Å²) in [5, 5.41) is 6.34. The molecule has 2 aliphatic rings. The maximum absolute atomic E-state index is 11.7. The molecule has 3 heteroatoms. The number of rotatable bonds is 2. The molecule has 0 aromatic rings. The van der Waals surface area contributed by atoms with Gasteiger partial charge in [-0.3, -0.25) is 4.79 Å². The first-order chi connectivity index (χ1) is 7.16. The Morgan fingerprint density at radius 3 is 2.53 bits per heavy atom. The van der Waals surface area contributed by atoms with Crippen LogP contribution < -0.4 is 10.6 Å². The van der Waals surface area contributed by atoms with E-state index in [4.69, 9.17) is 0 Å². The van der Waals surface area contributed by atoms with Crippen molar-refractivity contribution < 1.29 is 4.79 Å². The molecule has 0 aromatic carbocycles. The Balaban J connectivity index is 1.80. The minimum absolute atomic E-state index is 0.0940. The second-order valence-corrected chi connectivity index (χ2v) is 5.31. The molecule has 15 heavy (non-hydrogen) atoms. The lowest BCUT2D eigenvalue weighted by atomic mass is 9.79. The summed E-state index contributed by atoms with van der Waals surface area (Å²) in [5.74, 6) is 1.68. The third kappa shape index (κ3) is 2.51. The van der Waals surface area contributed by atoms with Gasteiger partial charge in [-0.15, -0.1) is 0 Å². The molecule has 2 rings (SSSR count). The Bertz CT molecular complexity index is 238. The lowest BCUT2D eigenvalue weighted by Gasteiger charge is -2.35. The van der Waals surface area contributed by atoms with Crippen LogP contribution >= 0.6 is 0 Å². The van der Waals surface area contributed by atoms with E-state index in [9.17, 15) is 4.79 Å². The molecule has 3 nitrogen and oxygen atoms in total. The van der Waals surface area contributed by atoms with E-state index in [0.717, 1.165) is 25.3 Å². The fraction of sp³-hybridized carbons (Fsp3) is 0.917. The fourth-order valence-electron chi connectivity index (χ4n) is 2.68. The molecule has 2 N–H and O–H groups in total. The van der Waals surface area contributed by atoms with E-state index in [1.165, 1.54) is 12.8 Å². The largest absolute Gasteiger partial charge is 0.352 e. The van der Waals surface area contributed by atoms with E-state index in [-0.39, 0.29) is 11.9 Å². The van der Waals surface area contributed by atoms with Gasteiger partial charge in [0.15, 0.2) is 0 Å². The highest BCUT2D eigenvalue weighted by Gasteiger charge is 2.30. The van der Waals surface area contributed by atoms with Gasteiger partial charge in [-0.05, 0) is 44.1 Å². The highest BCUT2D eigenvalue weighted by molar-refractivity contribution is 5.82. The smallest absolute Gasteiger partial charge is 0.237 e. The lowest BCUT2D eigenvalue weighted by molar-refractivity contribution is -0.126. The van der Waals surface area contributed by atoms with E-state index in [1.54, 1.807) is 0 Å². The molecule has 4 atom stereocenters. The zero-order valence-electron chi connectivity index (χ0n) is 9.75. The summed E-state index contributed by atoms with van der Waals surface area (Å²) in [6.45, 7) is 5.56. The van der Waals surface area contributed by atoms with Crippen molar-refractivity contribution >= 4 is 5.91 Å². The molecular formula is C12H22N2O. The predicted octanol–water partition coefficient (Wildman–Crippen LogP) is 1.29. The molecule has 1 aliphatic carbocycles. The van der Waals surface area contributed by atoms with Gasteiger partial charge in [0.1, 0.15) is 0 Å². The summed E-state index contributed by atoms with van der Waals surface area (Å²) in [6.07, 6.45) is 4.67. The first-order valence-electron chi connectivity index (χ1n) is 6.20. The first kappa shape index (κ1) is 10.9. The summed E-state index contributed by atoms with van der Waals surface area (Å²) >= 11 is 0. The molecule has 1 saturated heterocycles. The van der Waals surface area contributed by atoms with Crippen molar-refractivity contribution in [3.05, 3.63) is 0 Å². The van der Waals surface area contributed by atoms with Crippen LogP contribution in [0, 0.1) is 11.8 Å². The van der Waals surface area contributed by atoms with Crippen molar-refractivity contribution in [2.75, 3.05) is 6.54 Å².